The molecule has 0 amide bonds. The van der Waals surface area contributed by atoms with Crippen molar-refractivity contribution < 1.29 is 4.79 Å². The van der Waals surface area contributed by atoms with Gasteiger partial charge >= 0.3 is 0 Å². The minimum absolute atomic E-state index is 0.536. The van der Waals surface area contributed by atoms with E-state index in [9.17, 15) is 4.79 Å². The van der Waals surface area contributed by atoms with Gasteiger partial charge in [-0.25, -0.2) is 4.98 Å². The molecule has 2 aromatic heterocycles. The first-order valence-electron chi connectivity index (χ1n) is 6.21. The summed E-state index contributed by atoms with van der Waals surface area (Å²) in [6, 6.07) is 3.89. The monoisotopic (exact) mass is 228 g/mol. The van der Waals surface area contributed by atoms with Crippen molar-refractivity contribution in [2.24, 2.45) is 7.05 Å². The number of hydrogen-bond acceptors (Lipinski definition) is 2. The van der Waals surface area contributed by atoms with E-state index in [2.05, 4.69) is 9.55 Å². The Hall–Kier alpha value is -1.64. The predicted molar refractivity (Wildman–Crippen MR) is 67.3 cm³/mol. The maximum absolute atomic E-state index is 11.4. The van der Waals surface area contributed by atoms with E-state index in [1.165, 1.54) is 31.4 Å². The first-order valence-corrected chi connectivity index (χ1v) is 6.21. The van der Waals surface area contributed by atoms with Gasteiger partial charge in [0.25, 0.3) is 0 Å². The largest absolute Gasteiger partial charge is 0.332 e. The first-order chi connectivity index (χ1) is 8.33. The predicted octanol–water partition coefficient (Wildman–Crippen LogP) is 3.04. The van der Waals surface area contributed by atoms with Crippen LogP contribution in [0.25, 0.3) is 11.0 Å². The second-order valence-electron chi connectivity index (χ2n) is 4.83. The Morgan fingerprint density at radius 2 is 2.18 bits per heavy atom. The van der Waals surface area contributed by atoms with Gasteiger partial charge in [0.2, 0.25) is 0 Å². The average molecular weight is 228 g/mol. The highest BCUT2D eigenvalue weighted by molar-refractivity contribution is 5.98. The molecule has 0 atom stereocenters. The van der Waals surface area contributed by atoms with Crippen LogP contribution in [-0.2, 0) is 7.05 Å². The zero-order valence-corrected chi connectivity index (χ0v) is 10.0. The Labute approximate surface area is 100 Å². The molecule has 0 N–H and O–H groups in total. The third-order valence-corrected chi connectivity index (χ3v) is 3.89. The molecule has 0 unspecified atom stereocenters. The lowest BCUT2D eigenvalue weighted by Gasteiger charge is -2.11. The summed E-state index contributed by atoms with van der Waals surface area (Å²) in [6.45, 7) is 0. The van der Waals surface area contributed by atoms with E-state index >= 15 is 0 Å². The van der Waals surface area contributed by atoms with Crippen molar-refractivity contribution >= 4 is 17.3 Å². The van der Waals surface area contributed by atoms with Crippen LogP contribution < -0.4 is 0 Å². The normalized spacial score (nSPS) is 16.8. The molecule has 3 nitrogen and oxygen atoms in total. The lowest BCUT2D eigenvalue weighted by atomic mass is 9.99. The third kappa shape index (κ3) is 1.49. The fourth-order valence-electron chi connectivity index (χ4n) is 3.12. The smallest absolute Gasteiger partial charge is 0.152 e. The molecule has 0 spiro atoms. The number of carbonyl (C=O) groups is 1. The van der Waals surface area contributed by atoms with Crippen LogP contribution >= 0.6 is 0 Å². The van der Waals surface area contributed by atoms with Crippen molar-refractivity contribution in [3.8, 4) is 0 Å². The first kappa shape index (κ1) is 10.5. The Morgan fingerprint density at radius 1 is 1.41 bits per heavy atom. The molecular weight excluding hydrogens is 212 g/mol. The zero-order chi connectivity index (χ0) is 11.8. The summed E-state index contributed by atoms with van der Waals surface area (Å²) in [5.41, 5.74) is 2.96. The van der Waals surface area contributed by atoms with E-state index in [1.54, 1.807) is 6.20 Å². The average Bonchev–Trinajstić information content (AvgIpc) is 2.96. The minimum Gasteiger partial charge on any atom is -0.332 e. The zero-order valence-electron chi connectivity index (χ0n) is 10.0. The number of hydrogen-bond donors (Lipinski definition) is 0. The van der Waals surface area contributed by atoms with E-state index in [-0.39, 0.29) is 0 Å². The van der Waals surface area contributed by atoms with Gasteiger partial charge in [0.1, 0.15) is 5.65 Å². The Balaban J connectivity index is 2.28. The Morgan fingerprint density at radius 3 is 2.88 bits per heavy atom. The summed E-state index contributed by atoms with van der Waals surface area (Å²) in [7, 11) is 2.02. The SMILES string of the molecule is Cn1c(C2CCCC2)c(C=O)c2cccnc21. The molecule has 3 heteroatoms. The lowest BCUT2D eigenvalue weighted by molar-refractivity contribution is 0.112. The number of aryl methyl sites for hydroxylation is 1. The molecule has 1 fully saturated rings. The highest BCUT2D eigenvalue weighted by atomic mass is 16.1. The second kappa shape index (κ2) is 3.99. The standard InChI is InChI=1S/C14H16N2O/c1-16-13(10-5-2-3-6-10)12(9-17)11-7-4-8-15-14(11)16/h4,7-10H,2-3,5-6H2,1H3. The number of aldehydes is 1. The number of rotatable bonds is 2. The van der Waals surface area contributed by atoms with Gasteiger partial charge in [-0.15, -0.1) is 0 Å². The van der Waals surface area contributed by atoms with Crippen molar-refractivity contribution in [2.45, 2.75) is 31.6 Å². The lowest BCUT2D eigenvalue weighted by Crippen LogP contribution is -2.04. The molecule has 88 valence electrons. The van der Waals surface area contributed by atoms with Gasteiger partial charge in [-0.05, 0) is 30.9 Å². The van der Waals surface area contributed by atoms with Gasteiger partial charge in [-0.2, -0.15) is 0 Å². The van der Waals surface area contributed by atoms with Gasteiger partial charge < -0.3 is 4.57 Å². The van der Waals surface area contributed by atoms with E-state index in [0.29, 0.717) is 5.92 Å². The van der Waals surface area contributed by atoms with E-state index in [4.69, 9.17) is 0 Å². The van der Waals surface area contributed by atoms with Crippen molar-refractivity contribution in [3.63, 3.8) is 0 Å². The molecule has 2 aromatic rings. The van der Waals surface area contributed by atoms with Gasteiger partial charge in [-0.1, -0.05) is 12.8 Å². The van der Waals surface area contributed by atoms with Gasteiger partial charge in [0, 0.05) is 29.9 Å². The molecule has 0 aliphatic heterocycles. The van der Waals surface area contributed by atoms with Crippen molar-refractivity contribution in [1.82, 2.24) is 9.55 Å². The molecule has 2 heterocycles. The number of fused-ring (bicyclic) bond motifs is 1. The summed E-state index contributed by atoms with van der Waals surface area (Å²) in [6.07, 6.45) is 7.73. The Kier molecular flexibility index (Phi) is 2.46. The van der Waals surface area contributed by atoms with Crippen LogP contribution in [0.5, 0.6) is 0 Å². The number of pyridine rings is 1. The van der Waals surface area contributed by atoms with Crippen LogP contribution in [0.4, 0.5) is 0 Å². The Bertz CT molecular complexity index is 565. The van der Waals surface area contributed by atoms with Crippen LogP contribution in [-0.4, -0.2) is 15.8 Å². The molecule has 1 aliphatic rings. The highest BCUT2D eigenvalue weighted by Crippen LogP contribution is 2.38. The van der Waals surface area contributed by atoms with Crippen molar-refractivity contribution in [1.29, 1.82) is 0 Å². The van der Waals surface area contributed by atoms with Crippen LogP contribution in [0, 0.1) is 0 Å². The van der Waals surface area contributed by atoms with Gasteiger partial charge in [0.05, 0.1) is 0 Å². The quantitative estimate of drug-likeness (QED) is 0.740. The van der Waals surface area contributed by atoms with Crippen molar-refractivity contribution in [2.75, 3.05) is 0 Å². The van der Waals surface area contributed by atoms with Crippen LogP contribution in [0.1, 0.15) is 47.7 Å². The molecule has 3 rings (SSSR count). The number of carbonyl (C=O) groups excluding carboxylic acids is 1. The van der Waals surface area contributed by atoms with Crippen LogP contribution in [0.3, 0.4) is 0 Å². The fraction of sp³-hybridized carbons (Fsp3) is 0.429. The summed E-state index contributed by atoms with van der Waals surface area (Å²) >= 11 is 0. The summed E-state index contributed by atoms with van der Waals surface area (Å²) in [5.74, 6) is 0.536. The molecule has 0 saturated heterocycles. The fourth-order valence-corrected chi connectivity index (χ4v) is 3.12. The van der Waals surface area contributed by atoms with E-state index < -0.39 is 0 Å². The molecular formula is C14H16N2O. The number of aromatic nitrogens is 2. The maximum atomic E-state index is 11.4. The maximum Gasteiger partial charge on any atom is 0.152 e. The van der Waals surface area contributed by atoms with E-state index in [0.717, 1.165) is 22.9 Å². The van der Waals surface area contributed by atoms with Gasteiger partial charge in [-0.3, -0.25) is 4.79 Å². The summed E-state index contributed by atoms with van der Waals surface area (Å²) in [5, 5.41) is 0.993. The third-order valence-electron chi connectivity index (χ3n) is 3.89. The van der Waals surface area contributed by atoms with Crippen molar-refractivity contribution in [3.05, 3.63) is 29.6 Å². The molecule has 1 aliphatic carbocycles. The van der Waals surface area contributed by atoms with Crippen LogP contribution in [0.2, 0.25) is 0 Å². The highest BCUT2D eigenvalue weighted by Gasteiger charge is 2.25. The van der Waals surface area contributed by atoms with Crippen LogP contribution in [0.15, 0.2) is 18.3 Å². The second-order valence-corrected chi connectivity index (χ2v) is 4.83. The number of nitrogens with zero attached hydrogens (tertiary/aromatic N) is 2. The molecule has 0 aromatic carbocycles. The molecule has 1 saturated carbocycles. The molecule has 0 bridgehead atoms. The van der Waals surface area contributed by atoms with Gasteiger partial charge in [0.15, 0.2) is 6.29 Å². The summed E-state index contributed by atoms with van der Waals surface area (Å²) in [4.78, 5) is 15.8. The molecule has 17 heavy (non-hydrogen) atoms. The summed E-state index contributed by atoms with van der Waals surface area (Å²) < 4.78 is 2.11. The molecule has 0 radical (unpaired) electrons. The minimum atomic E-state index is 0.536. The van der Waals surface area contributed by atoms with E-state index in [1.807, 2.05) is 19.2 Å². The topological polar surface area (TPSA) is 34.9 Å².